The van der Waals surface area contributed by atoms with Gasteiger partial charge in [0, 0.05) is 12.0 Å². The third-order valence-corrected chi connectivity index (χ3v) is 5.94. The molecule has 118 valence electrons. The third-order valence-electron chi connectivity index (χ3n) is 3.53. The first-order valence-corrected chi connectivity index (χ1v) is 9.23. The molecule has 0 spiro atoms. The quantitative estimate of drug-likeness (QED) is 0.854. The van der Waals surface area contributed by atoms with Crippen molar-refractivity contribution < 1.29 is 12.6 Å². The zero-order valence-electron chi connectivity index (χ0n) is 12.3. The smallest absolute Gasteiger partial charge is 0.341 e. The lowest BCUT2D eigenvalue weighted by molar-refractivity contribution is 0.481. The minimum atomic E-state index is -3.90. The van der Waals surface area contributed by atoms with E-state index in [9.17, 15) is 8.42 Å². The fraction of sp³-hybridized carbons (Fsp3) is 0.429. The first-order chi connectivity index (χ1) is 10.3. The molecule has 0 amide bonds. The molecule has 2 N–H and O–H groups in total. The lowest BCUT2D eigenvalue weighted by Gasteiger charge is -2.05. The standard InChI is InChI=1S/C14H17N3O3S2/c1-8(2)13-16-17-14(21-13)20-22(18,19)12-4-3-9-5-11(15)6-10(9)7-12/h3-4,7-8,11H,5-6,15H2,1-2H3. The minimum Gasteiger partial charge on any atom is -0.346 e. The Labute approximate surface area is 133 Å². The Bertz CT molecular complexity index is 799. The molecule has 1 aromatic carbocycles. The summed E-state index contributed by atoms with van der Waals surface area (Å²) in [6.07, 6.45) is 1.47. The highest BCUT2D eigenvalue weighted by Gasteiger charge is 2.24. The third kappa shape index (κ3) is 2.99. The summed E-state index contributed by atoms with van der Waals surface area (Å²) >= 11 is 1.14. The Balaban J connectivity index is 1.85. The number of benzene rings is 1. The van der Waals surface area contributed by atoms with Gasteiger partial charge in [0.2, 0.25) is 0 Å². The number of nitrogens with two attached hydrogens (primary N) is 1. The number of aromatic nitrogens is 2. The van der Waals surface area contributed by atoms with E-state index in [1.807, 2.05) is 13.8 Å². The van der Waals surface area contributed by atoms with Crippen LogP contribution in [0.15, 0.2) is 23.1 Å². The van der Waals surface area contributed by atoms with Gasteiger partial charge in [-0.15, -0.1) is 5.10 Å². The zero-order chi connectivity index (χ0) is 15.9. The lowest BCUT2D eigenvalue weighted by Crippen LogP contribution is -2.19. The van der Waals surface area contributed by atoms with Crippen LogP contribution in [0.25, 0.3) is 0 Å². The summed E-state index contributed by atoms with van der Waals surface area (Å²) in [6.45, 7) is 3.92. The Morgan fingerprint density at radius 2 is 2.00 bits per heavy atom. The van der Waals surface area contributed by atoms with E-state index >= 15 is 0 Å². The van der Waals surface area contributed by atoms with Gasteiger partial charge in [-0.05, 0) is 36.1 Å². The monoisotopic (exact) mass is 339 g/mol. The van der Waals surface area contributed by atoms with Crippen molar-refractivity contribution >= 4 is 21.5 Å². The first-order valence-electron chi connectivity index (χ1n) is 7.00. The van der Waals surface area contributed by atoms with Crippen LogP contribution in [0.5, 0.6) is 5.19 Å². The summed E-state index contributed by atoms with van der Waals surface area (Å²) in [7, 11) is -3.90. The van der Waals surface area contributed by atoms with Gasteiger partial charge in [-0.2, -0.15) is 8.42 Å². The van der Waals surface area contributed by atoms with E-state index in [4.69, 9.17) is 9.92 Å². The Kier molecular flexibility index (Phi) is 3.92. The van der Waals surface area contributed by atoms with Crippen molar-refractivity contribution in [3.8, 4) is 5.19 Å². The van der Waals surface area contributed by atoms with Gasteiger partial charge in [0.25, 0.3) is 0 Å². The molecule has 8 heteroatoms. The summed E-state index contributed by atoms with van der Waals surface area (Å²) < 4.78 is 29.8. The van der Waals surface area contributed by atoms with Gasteiger partial charge >= 0.3 is 15.3 Å². The fourth-order valence-corrected chi connectivity index (χ4v) is 4.23. The number of hydrogen-bond acceptors (Lipinski definition) is 7. The molecular formula is C14H17N3O3S2. The normalized spacial score (nSPS) is 17.7. The van der Waals surface area contributed by atoms with Crippen LogP contribution in [0.1, 0.15) is 35.9 Å². The molecule has 0 fully saturated rings. The van der Waals surface area contributed by atoms with Gasteiger partial charge in [0.05, 0.1) is 0 Å². The van der Waals surface area contributed by atoms with Crippen molar-refractivity contribution in [3.63, 3.8) is 0 Å². The summed E-state index contributed by atoms with van der Waals surface area (Å²) in [5, 5.41) is 8.49. The van der Waals surface area contributed by atoms with Gasteiger partial charge in [-0.3, -0.25) is 0 Å². The van der Waals surface area contributed by atoms with Crippen LogP contribution < -0.4 is 9.92 Å². The predicted octanol–water partition coefficient (Wildman–Crippen LogP) is 1.86. The zero-order valence-corrected chi connectivity index (χ0v) is 13.9. The average molecular weight is 339 g/mol. The molecule has 6 nitrogen and oxygen atoms in total. The van der Waals surface area contributed by atoms with Crippen molar-refractivity contribution in [2.24, 2.45) is 5.73 Å². The number of hydrogen-bond donors (Lipinski definition) is 1. The highest BCUT2D eigenvalue weighted by molar-refractivity contribution is 7.87. The van der Waals surface area contributed by atoms with Crippen LogP contribution in [0.4, 0.5) is 0 Å². The SMILES string of the molecule is CC(C)c1nnc(OS(=O)(=O)c2ccc3c(c2)CC(N)C3)s1. The van der Waals surface area contributed by atoms with Crippen LogP contribution in [-0.4, -0.2) is 24.7 Å². The molecule has 0 saturated heterocycles. The molecule has 2 aromatic rings. The molecule has 1 aliphatic carbocycles. The Hall–Kier alpha value is -1.51. The van der Waals surface area contributed by atoms with Crippen LogP contribution in [0.2, 0.25) is 0 Å². The van der Waals surface area contributed by atoms with Crippen LogP contribution in [-0.2, 0) is 23.0 Å². The number of nitrogens with zero attached hydrogens (tertiary/aromatic N) is 2. The summed E-state index contributed by atoms with van der Waals surface area (Å²) in [5.41, 5.74) is 7.97. The van der Waals surface area contributed by atoms with Crippen LogP contribution in [0.3, 0.4) is 0 Å². The highest BCUT2D eigenvalue weighted by atomic mass is 32.2. The second-order valence-corrected chi connectivity index (χ2v) is 8.22. The van der Waals surface area contributed by atoms with Crippen molar-refractivity contribution in [1.29, 1.82) is 0 Å². The number of fused-ring (bicyclic) bond motifs is 1. The molecular weight excluding hydrogens is 322 g/mol. The Morgan fingerprint density at radius 1 is 1.27 bits per heavy atom. The topological polar surface area (TPSA) is 95.2 Å². The molecule has 0 saturated carbocycles. The highest BCUT2D eigenvalue weighted by Crippen LogP contribution is 2.29. The van der Waals surface area contributed by atoms with E-state index < -0.39 is 10.1 Å². The molecule has 1 aliphatic rings. The first kappa shape index (κ1) is 15.4. The van der Waals surface area contributed by atoms with E-state index in [0.29, 0.717) is 6.42 Å². The van der Waals surface area contributed by atoms with Crippen LogP contribution in [0, 0.1) is 0 Å². The minimum absolute atomic E-state index is 0.0425. The maximum absolute atomic E-state index is 12.3. The second-order valence-electron chi connectivity index (χ2n) is 5.70. The predicted molar refractivity (Wildman–Crippen MR) is 83.6 cm³/mol. The maximum atomic E-state index is 12.3. The number of rotatable bonds is 4. The van der Waals surface area contributed by atoms with Crippen molar-refractivity contribution in [2.75, 3.05) is 0 Å². The summed E-state index contributed by atoms with van der Waals surface area (Å²) in [5.74, 6) is 0.180. The van der Waals surface area contributed by atoms with E-state index in [2.05, 4.69) is 10.2 Å². The van der Waals surface area contributed by atoms with Gasteiger partial charge in [-0.1, -0.05) is 36.3 Å². The lowest BCUT2D eigenvalue weighted by atomic mass is 10.1. The van der Waals surface area contributed by atoms with Crippen molar-refractivity contribution in [3.05, 3.63) is 34.3 Å². The van der Waals surface area contributed by atoms with E-state index in [0.717, 1.165) is 33.9 Å². The van der Waals surface area contributed by atoms with Gasteiger partial charge < -0.3 is 9.92 Å². The largest absolute Gasteiger partial charge is 0.346 e. The fourth-order valence-electron chi connectivity index (χ4n) is 2.41. The summed E-state index contributed by atoms with van der Waals surface area (Å²) in [4.78, 5) is 0.127. The van der Waals surface area contributed by atoms with E-state index in [1.165, 1.54) is 0 Å². The van der Waals surface area contributed by atoms with E-state index in [1.54, 1.807) is 18.2 Å². The van der Waals surface area contributed by atoms with E-state index in [-0.39, 0.29) is 22.0 Å². The molecule has 1 atom stereocenters. The maximum Gasteiger partial charge on any atom is 0.341 e. The van der Waals surface area contributed by atoms with Crippen molar-refractivity contribution in [2.45, 2.75) is 43.5 Å². The van der Waals surface area contributed by atoms with Crippen LogP contribution >= 0.6 is 11.3 Å². The molecule has 1 unspecified atom stereocenters. The molecule has 0 radical (unpaired) electrons. The second kappa shape index (κ2) is 5.60. The molecule has 1 heterocycles. The molecule has 0 bridgehead atoms. The molecule has 3 rings (SSSR count). The molecule has 22 heavy (non-hydrogen) atoms. The molecule has 1 aromatic heterocycles. The molecule has 0 aliphatic heterocycles. The average Bonchev–Trinajstić information content (AvgIpc) is 3.02. The summed E-state index contributed by atoms with van der Waals surface area (Å²) in [6, 6.07) is 5.06. The van der Waals surface area contributed by atoms with Gasteiger partial charge in [0.15, 0.2) is 0 Å². The Morgan fingerprint density at radius 3 is 2.68 bits per heavy atom. The van der Waals surface area contributed by atoms with Gasteiger partial charge in [0.1, 0.15) is 9.90 Å². The van der Waals surface area contributed by atoms with Gasteiger partial charge in [-0.25, -0.2) is 0 Å². The van der Waals surface area contributed by atoms with Crippen molar-refractivity contribution in [1.82, 2.24) is 10.2 Å².